The Kier molecular flexibility index (Phi) is 7.06. The van der Waals surface area contributed by atoms with Crippen LogP contribution in [0.3, 0.4) is 0 Å². The molecule has 0 bridgehead atoms. The molecule has 0 aliphatic carbocycles. The van der Waals surface area contributed by atoms with E-state index >= 15 is 0 Å². The summed E-state index contributed by atoms with van der Waals surface area (Å²) in [6, 6.07) is 23.8. The molecule has 0 spiro atoms. The Morgan fingerprint density at radius 2 is 1.78 bits per heavy atom. The van der Waals surface area contributed by atoms with Crippen molar-refractivity contribution in [2.24, 2.45) is 4.99 Å². The molecule has 1 aromatic heterocycles. The number of nitriles is 1. The van der Waals surface area contributed by atoms with E-state index in [9.17, 15) is 13.5 Å². The minimum absolute atomic E-state index is 0.00539. The van der Waals surface area contributed by atoms with Crippen molar-refractivity contribution >= 4 is 32.3 Å². The van der Waals surface area contributed by atoms with E-state index in [-0.39, 0.29) is 17.3 Å². The Labute approximate surface area is 216 Å². The van der Waals surface area contributed by atoms with Crippen LogP contribution in [0.25, 0.3) is 10.9 Å². The van der Waals surface area contributed by atoms with E-state index < -0.39 is 10.0 Å². The van der Waals surface area contributed by atoms with Gasteiger partial charge in [0.05, 0.1) is 34.5 Å². The highest BCUT2D eigenvalue weighted by Gasteiger charge is 2.22. The van der Waals surface area contributed by atoms with Crippen LogP contribution in [0, 0.1) is 11.3 Å². The van der Waals surface area contributed by atoms with E-state index in [2.05, 4.69) is 26.7 Å². The smallest absolute Gasteiger partial charge is 0.241 e. The number of sulfonamides is 1. The summed E-state index contributed by atoms with van der Waals surface area (Å²) in [6.07, 6.45) is 2.49. The van der Waals surface area contributed by atoms with Crippen molar-refractivity contribution in [3.05, 3.63) is 89.5 Å². The molecule has 4 aromatic rings. The molecule has 1 aliphatic heterocycles. The van der Waals surface area contributed by atoms with E-state index in [0.29, 0.717) is 22.2 Å². The van der Waals surface area contributed by atoms with Crippen molar-refractivity contribution in [2.75, 3.05) is 19.6 Å². The first-order chi connectivity index (χ1) is 17.9. The third-order valence-corrected chi connectivity index (χ3v) is 7.87. The summed E-state index contributed by atoms with van der Waals surface area (Å²) >= 11 is 0. The number of benzene rings is 3. The third kappa shape index (κ3) is 5.42. The minimum atomic E-state index is -3.90. The number of hydrogen-bond acceptors (Lipinski definition) is 6. The molecule has 188 valence electrons. The molecule has 0 saturated carbocycles. The third-order valence-electron chi connectivity index (χ3n) is 6.47. The number of aromatic hydroxyl groups is 1. The second-order valence-electron chi connectivity index (χ2n) is 9.01. The average Bonchev–Trinajstić information content (AvgIpc) is 3.54. The highest BCUT2D eigenvalue weighted by atomic mass is 32.2. The topological polar surface area (TPSA) is 122 Å². The fraction of sp³-hybridized carbons (Fsp3) is 0.214. The molecule has 1 aliphatic rings. The highest BCUT2D eigenvalue weighted by Crippen LogP contribution is 2.33. The molecule has 0 atom stereocenters. The lowest BCUT2D eigenvalue weighted by molar-refractivity contribution is 0.331. The molecular formula is C28H27N5O3S. The molecule has 9 heteroatoms. The van der Waals surface area contributed by atoms with Crippen LogP contribution in [0.4, 0.5) is 5.69 Å². The van der Waals surface area contributed by atoms with Gasteiger partial charge in [0.2, 0.25) is 10.0 Å². The van der Waals surface area contributed by atoms with Gasteiger partial charge in [-0.05, 0) is 61.8 Å². The maximum absolute atomic E-state index is 12.7. The number of likely N-dealkylation sites (tertiary alicyclic amines) is 1. The van der Waals surface area contributed by atoms with Crippen molar-refractivity contribution < 1.29 is 13.5 Å². The number of aromatic nitrogens is 1. The second kappa shape index (κ2) is 10.6. The van der Waals surface area contributed by atoms with Crippen molar-refractivity contribution in [2.45, 2.75) is 24.3 Å². The Bertz CT molecular complexity index is 1580. The minimum Gasteiger partial charge on any atom is -0.494 e. The molecule has 3 aromatic carbocycles. The molecule has 0 unspecified atom stereocenters. The van der Waals surface area contributed by atoms with Gasteiger partial charge in [-0.2, -0.15) is 9.98 Å². The summed E-state index contributed by atoms with van der Waals surface area (Å²) in [5.74, 6) is -0.109. The lowest BCUT2D eigenvalue weighted by atomic mass is 10.0. The zero-order chi connectivity index (χ0) is 25.8. The Morgan fingerprint density at radius 3 is 2.49 bits per heavy atom. The quantitative estimate of drug-likeness (QED) is 0.238. The van der Waals surface area contributed by atoms with Crippen LogP contribution < -0.4 is 4.72 Å². The molecule has 1 fully saturated rings. The molecule has 37 heavy (non-hydrogen) atoms. The standard InChI is InChI=1S/C28H27N5O3S/c29-14-15-30-37(35,36)23-12-13-25-24(18-23)26(28(34)32-25)27(21-6-2-1-3-7-21)31-22-10-8-20(9-11-22)19-33-16-4-5-17-33/h1-3,6-13,18,30,32,34H,4-5,15-17,19H2. The summed E-state index contributed by atoms with van der Waals surface area (Å²) in [6.45, 7) is 2.83. The summed E-state index contributed by atoms with van der Waals surface area (Å²) in [4.78, 5) is 10.3. The Balaban J connectivity index is 1.59. The number of nitrogens with one attached hydrogen (secondary N) is 2. The normalized spacial score (nSPS) is 14.7. The van der Waals surface area contributed by atoms with E-state index in [1.54, 1.807) is 12.1 Å². The first kappa shape index (κ1) is 24.7. The van der Waals surface area contributed by atoms with Crippen LogP contribution in [0.15, 0.2) is 82.7 Å². The fourth-order valence-electron chi connectivity index (χ4n) is 4.64. The maximum Gasteiger partial charge on any atom is 0.241 e. The van der Waals surface area contributed by atoms with Crippen molar-refractivity contribution in [3.8, 4) is 11.9 Å². The number of aliphatic imine (C=N–C) groups is 1. The molecular weight excluding hydrogens is 486 g/mol. The van der Waals surface area contributed by atoms with Gasteiger partial charge in [0.15, 0.2) is 5.88 Å². The van der Waals surface area contributed by atoms with Crippen molar-refractivity contribution in [1.29, 1.82) is 5.26 Å². The summed E-state index contributed by atoms with van der Waals surface area (Å²) in [5, 5.41) is 20.2. The molecule has 8 nitrogen and oxygen atoms in total. The van der Waals surface area contributed by atoms with Gasteiger partial charge < -0.3 is 10.1 Å². The number of aromatic amines is 1. The van der Waals surface area contributed by atoms with Gasteiger partial charge in [-0.25, -0.2) is 13.4 Å². The Morgan fingerprint density at radius 1 is 1.05 bits per heavy atom. The van der Waals surface area contributed by atoms with Gasteiger partial charge in [0.1, 0.15) is 0 Å². The monoisotopic (exact) mass is 513 g/mol. The van der Waals surface area contributed by atoms with E-state index in [1.165, 1.54) is 30.5 Å². The van der Waals surface area contributed by atoms with Crippen LogP contribution in [0.5, 0.6) is 5.88 Å². The van der Waals surface area contributed by atoms with Gasteiger partial charge in [-0.3, -0.25) is 4.90 Å². The van der Waals surface area contributed by atoms with Gasteiger partial charge >= 0.3 is 0 Å². The molecule has 0 radical (unpaired) electrons. The van der Waals surface area contributed by atoms with Crippen molar-refractivity contribution in [1.82, 2.24) is 14.6 Å². The fourth-order valence-corrected chi connectivity index (χ4v) is 5.58. The lowest BCUT2D eigenvalue weighted by Crippen LogP contribution is -2.23. The molecule has 3 N–H and O–H groups in total. The molecule has 0 amide bonds. The van der Waals surface area contributed by atoms with E-state index in [4.69, 9.17) is 10.3 Å². The first-order valence-electron chi connectivity index (χ1n) is 12.1. The van der Waals surface area contributed by atoms with Gasteiger partial charge in [0, 0.05) is 23.0 Å². The molecule has 2 heterocycles. The summed E-state index contributed by atoms with van der Waals surface area (Å²) in [7, 11) is -3.90. The van der Waals surface area contributed by atoms with Crippen LogP contribution in [-0.4, -0.2) is 48.8 Å². The highest BCUT2D eigenvalue weighted by molar-refractivity contribution is 7.89. The Hall–Kier alpha value is -3.97. The number of nitrogens with zero attached hydrogens (tertiary/aromatic N) is 3. The predicted molar refractivity (Wildman–Crippen MR) is 143 cm³/mol. The van der Waals surface area contributed by atoms with Gasteiger partial charge in [0.25, 0.3) is 0 Å². The van der Waals surface area contributed by atoms with Gasteiger partial charge in [-0.1, -0.05) is 42.5 Å². The van der Waals surface area contributed by atoms with E-state index in [1.807, 2.05) is 42.5 Å². The van der Waals surface area contributed by atoms with Crippen molar-refractivity contribution in [3.63, 3.8) is 0 Å². The zero-order valence-corrected chi connectivity index (χ0v) is 21.0. The van der Waals surface area contributed by atoms with Crippen LogP contribution in [-0.2, 0) is 16.6 Å². The molecule has 5 rings (SSSR count). The lowest BCUT2D eigenvalue weighted by Gasteiger charge is -2.14. The molecule has 1 saturated heterocycles. The number of fused-ring (bicyclic) bond motifs is 1. The maximum atomic E-state index is 12.7. The van der Waals surface area contributed by atoms with Crippen LogP contribution in [0.2, 0.25) is 0 Å². The summed E-state index contributed by atoms with van der Waals surface area (Å²) < 4.78 is 27.6. The number of H-pyrrole nitrogens is 1. The average molecular weight is 514 g/mol. The van der Waals surface area contributed by atoms with E-state index in [0.717, 1.165) is 30.9 Å². The SMILES string of the molecule is N#CCNS(=O)(=O)c1ccc2[nH]c(O)c(C(=Nc3ccc(CN4CCCC4)cc3)c3ccccc3)c2c1. The number of rotatable bonds is 8. The zero-order valence-electron chi connectivity index (χ0n) is 20.2. The number of hydrogen-bond donors (Lipinski definition) is 3. The predicted octanol–water partition coefficient (Wildman–Crippen LogP) is 4.44. The van der Waals surface area contributed by atoms with Gasteiger partial charge in [-0.15, -0.1) is 0 Å². The second-order valence-corrected chi connectivity index (χ2v) is 10.8. The van der Waals surface area contributed by atoms with Crippen LogP contribution in [0.1, 0.15) is 29.5 Å². The largest absolute Gasteiger partial charge is 0.494 e. The summed E-state index contributed by atoms with van der Waals surface area (Å²) in [5.41, 5.74) is 4.19. The first-order valence-corrected chi connectivity index (χ1v) is 13.6. The van der Waals surface area contributed by atoms with Crippen LogP contribution >= 0.6 is 0 Å².